The minimum Gasteiger partial charge on any atom is -0.507 e. The summed E-state index contributed by atoms with van der Waals surface area (Å²) in [4.78, 5) is 12.4. The van der Waals surface area contributed by atoms with Gasteiger partial charge in [-0.15, -0.1) is 0 Å². The molecular weight excluding hydrogens is 224 g/mol. The Labute approximate surface area is 107 Å². The maximum absolute atomic E-state index is 12.4. The van der Waals surface area contributed by atoms with E-state index in [4.69, 9.17) is 0 Å². The van der Waals surface area contributed by atoms with E-state index < -0.39 is 0 Å². The normalized spacial score (nSPS) is 10.4. The van der Waals surface area contributed by atoms with Gasteiger partial charge < -0.3 is 5.11 Å². The molecule has 0 heterocycles. The van der Waals surface area contributed by atoms with Gasteiger partial charge in [-0.05, 0) is 38.0 Å². The van der Waals surface area contributed by atoms with Crippen molar-refractivity contribution in [3.63, 3.8) is 0 Å². The first-order chi connectivity index (χ1) is 8.50. The summed E-state index contributed by atoms with van der Waals surface area (Å²) >= 11 is 0. The predicted molar refractivity (Wildman–Crippen MR) is 72.2 cm³/mol. The Bertz CT molecular complexity index is 612. The van der Waals surface area contributed by atoms with Gasteiger partial charge in [-0.1, -0.05) is 35.9 Å². The number of para-hydroxylation sites is 1. The molecule has 0 amide bonds. The van der Waals surface area contributed by atoms with E-state index in [0.29, 0.717) is 16.7 Å². The highest BCUT2D eigenvalue weighted by atomic mass is 16.3. The summed E-state index contributed by atoms with van der Waals surface area (Å²) in [6.45, 7) is 5.69. The summed E-state index contributed by atoms with van der Waals surface area (Å²) in [6.07, 6.45) is 0. The molecule has 0 saturated heterocycles. The van der Waals surface area contributed by atoms with E-state index in [1.807, 2.05) is 32.0 Å². The Morgan fingerprint density at radius 2 is 1.67 bits per heavy atom. The first-order valence-electron chi connectivity index (χ1n) is 5.91. The van der Waals surface area contributed by atoms with Crippen LogP contribution in [0.4, 0.5) is 0 Å². The lowest BCUT2D eigenvalue weighted by molar-refractivity contribution is 0.103. The maximum atomic E-state index is 12.4. The molecule has 2 rings (SSSR count). The Morgan fingerprint density at radius 3 is 2.33 bits per heavy atom. The Morgan fingerprint density at radius 1 is 0.944 bits per heavy atom. The smallest absolute Gasteiger partial charge is 0.197 e. The van der Waals surface area contributed by atoms with Crippen LogP contribution in [-0.2, 0) is 0 Å². The van der Waals surface area contributed by atoms with Gasteiger partial charge in [0, 0.05) is 5.56 Å². The standard InChI is InChI=1S/C16H16O2/c1-10-7-8-13(12(3)9-10)16(18)14-6-4-5-11(2)15(14)17/h4-9,17H,1-3H3. The lowest BCUT2D eigenvalue weighted by Gasteiger charge is -2.09. The number of rotatable bonds is 2. The van der Waals surface area contributed by atoms with Crippen LogP contribution >= 0.6 is 0 Å². The fourth-order valence-electron chi connectivity index (χ4n) is 2.06. The summed E-state index contributed by atoms with van der Waals surface area (Å²) < 4.78 is 0. The molecular formula is C16H16O2. The highest BCUT2D eigenvalue weighted by molar-refractivity contribution is 6.11. The van der Waals surface area contributed by atoms with Gasteiger partial charge in [0.2, 0.25) is 0 Å². The van der Waals surface area contributed by atoms with E-state index in [1.165, 1.54) is 0 Å². The third-order valence-electron chi connectivity index (χ3n) is 3.11. The summed E-state index contributed by atoms with van der Waals surface area (Å²) in [7, 11) is 0. The zero-order valence-corrected chi connectivity index (χ0v) is 10.8. The molecule has 0 aromatic heterocycles. The van der Waals surface area contributed by atoms with Crippen LogP contribution in [0.3, 0.4) is 0 Å². The van der Waals surface area contributed by atoms with Gasteiger partial charge in [0.25, 0.3) is 0 Å². The number of aryl methyl sites for hydroxylation is 3. The van der Waals surface area contributed by atoms with Crippen LogP contribution in [0.2, 0.25) is 0 Å². The lowest BCUT2D eigenvalue weighted by Crippen LogP contribution is -2.04. The molecule has 0 unspecified atom stereocenters. The number of phenols is 1. The number of phenolic OH excluding ortho intramolecular Hbond substituents is 1. The van der Waals surface area contributed by atoms with Crippen molar-refractivity contribution in [3.8, 4) is 5.75 Å². The summed E-state index contributed by atoms with van der Waals surface area (Å²) in [5, 5.41) is 9.95. The molecule has 18 heavy (non-hydrogen) atoms. The van der Waals surface area contributed by atoms with Crippen LogP contribution in [0, 0.1) is 20.8 Å². The molecule has 2 heteroatoms. The van der Waals surface area contributed by atoms with Crippen molar-refractivity contribution < 1.29 is 9.90 Å². The molecule has 0 radical (unpaired) electrons. The fraction of sp³-hybridized carbons (Fsp3) is 0.188. The summed E-state index contributed by atoms with van der Waals surface area (Å²) in [6, 6.07) is 10.9. The molecule has 0 spiro atoms. The summed E-state index contributed by atoms with van der Waals surface area (Å²) in [5.74, 6) is -0.0591. The zero-order valence-electron chi connectivity index (χ0n) is 10.8. The number of carbonyl (C=O) groups is 1. The highest BCUT2D eigenvalue weighted by Crippen LogP contribution is 2.25. The second-order valence-corrected chi connectivity index (χ2v) is 4.62. The number of aromatic hydroxyl groups is 1. The molecule has 0 aliphatic carbocycles. The SMILES string of the molecule is Cc1ccc(C(=O)c2cccc(C)c2O)c(C)c1. The quantitative estimate of drug-likeness (QED) is 0.815. The molecule has 1 N–H and O–H groups in total. The molecule has 0 aliphatic heterocycles. The van der Waals surface area contributed by atoms with Crippen LogP contribution < -0.4 is 0 Å². The number of carbonyl (C=O) groups excluding carboxylic acids is 1. The monoisotopic (exact) mass is 240 g/mol. The van der Waals surface area contributed by atoms with E-state index in [9.17, 15) is 9.90 Å². The molecule has 2 nitrogen and oxygen atoms in total. The van der Waals surface area contributed by atoms with Crippen molar-refractivity contribution in [3.05, 3.63) is 64.2 Å². The first kappa shape index (κ1) is 12.4. The van der Waals surface area contributed by atoms with Crippen LogP contribution in [0.1, 0.15) is 32.6 Å². The minimum absolute atomic E-state index is 0.0717. The van der Waals surface area contributed by atoms with Crippen molar-refractivity contribution in [1.29, 1.82) is 0 Å². The number of hydrogen-bond donors (Lipinski definition) is 1. The van der Waals surface area contributed by atoms with Gasteiger partial charge >= 0.3 is 0 Å². The largest absolute Gasteiger partial charge is 0.507 e. The number of ketones is 1. The Balaban J connectivity index is 2.51. The Kier molecular flexibility index (Phi) is 3.19. The zero-order chi connectivity index (χ0) is 13.3. The maximum Gasteiger partial charge on any atom is 0.197 e. The molecule has 2 aromatic rings. The summed E-state index contributed by atoms with van der Waals surface area (Å²) in [5.41, 5.74) is 3.77. The van der Waals surface area contributed by atoms with Crippen molar-refractivity contribution in [2.24, 2.45) is 0 Å². The minimum atomic E-state index is -0.131. The highest BCUT2D eigenvalue weighted by Gasteiger charge is 2.16. The third-order valence-corrected chi connectivity index (χ3v) is 3.11. The molecule has 0 atom stereocenters. The van der Waals surface area contributed by atoms with Crippen LogP contribution in [-0.4, -0.2) is 10.9 Å². The predicted octanol–water partition coefficient (Wildman–Crippen LogP) is 3.55. The van der Waals surface area contributed by atoms with Crippen molar-refractivity contribution >= 4 is 5.78 Å². The van der Waals surface area contributed by atoms with Gasteiger partial charge in [-0.25, -0.2) is 0 Å². The van der Waals surface area contributed by atoms with E-state index in [2.05, 4.69) is 0 Å². The average molecular weight is 240 g/mol. The molecule has 0 fully saturated rings. The molecule has 0 bridgehead atoms. The van der Waals surface area contributed by atoms with E-state index in [-0.39, 0.29) is 11.5 Å². The van der Waals surface area contributed by atoms with E-state index in [1.54, 1.807) is 25.1 Å². The van der Waals surface area contributed by atoms with Gasteiger partial charge in [-0.3, -0.25) is 4.79 Å². The first-order valence-corrected chi connectivity index (χ1v) is 5.91. The van der Waals surface area contributed by atoms with E-state index >= 15 is 0 Å². The van der Waals surface area contributed by atoms with Crippen molar-refractivity contribution in [2.45, 2.75) is 20.8 Å². The van der Waals surface area contributed by atoms with Crippen molar-refractivity contribution in [1.82, 2.24) is 0 Å². The molecule has 2 aromatic carbocycles. The topological polar surface area (TPSA) is 37.3 Å². The lowest BCUT2D eigenvalue weighted by atomic mass is 9.96. The third kappa shape index (κ3) is 2.14. The van der Waals surface area contributed by atoms with E-state index in [0.717, 1.165) is 11.1 Å². The second kappa shape index (κ2) is 4.65. The van der Waals surface area contributed by atoms with Gasteiger partial charge in [0.05, 0.1) is 5.56 Å². The number of hydrogen-bond acceptors (Lipinski definition) is 2. The van der Waals surface area contributed by atoms with Crippen molar-refractivity contribution in [2.75, 3.05) is 0 Å². The van der Waals surface area contributed by atoms with Gasteiger partial charge in [0.1, 0.15) is 5.75 Å². The van der Waals surface area contributed by atoms with Crippen LogP contribution in [0.25, 0.3) is 0 Å². The molecule has 0 aliphatic rings. The van der Waals surface area contributed by atoms with Crippen LogP contribution in [0.15, 0.2) is 36.4 Å². The van der Waals surface area contributed by atoms with Gasteiger partial charge in [0.15, 0.2) is 5.78 Å². The molecule has 92 valence electrons. The second-order valence-electron chi connectivity index (χ2n) is 4.62. The Hall–Kier alpha value is -2.09. The van der Waals surface area contributed by atoms with Gasteiger partial charge in [-0.2, -0.15) is 0 Å². The fourth-order valence-corrected chi connectivity index (χ4v) is 2.06. The number of benzene rings is 2. The average Bonchev–Trinajstić information content (AvgIpc) is 2.32. The molecule has 0 saturated carbocycles. The van der Waals surface area contributed by atoms with Crippen LogP contribution in [0.5, 0.6) is 5.75 Å².